The lowest BCUT2D eigenvalue weighted by Gasteiger charge is -2.35. The van der Waals surface area contributed by atoms with Crippen LogP contribution in [0.15, 0.2) is 99.9 Å². The predicted octanol–water partition coefficient (Wildman–Crippen LogP) is 6.31. The number of hydrogen-bond donors (Lipinski definition) is 0. The molecule has 17 heteroatoms. The van der Waals surface area contributed by atoms with E-state index in [1.807, 2.05) is 45.0 Å². The molecule has 13 nitrogen and oxygen atoms in total. The monoisotopic (exact) mass is 817 g/mol. The number of aromatic nitrogens is 5. The average molecular weight is 818 g/mol. The number of amides is 1. The van der Waals surface area contributed by atoms with Gasteiger partial charge in [0.1, 0.15) is 11.1 Å². The zero-order chi connectivity index (χ0) is 41.9. The highest BCUT2D eigenvalue weighted by atomic mass is 32.2. The van der Waals surface area contributed by atoms with Gasteiger partial charge in [-0.05, 0) is 68.7 Å². The van der Waals surface area contributed by atoms with Crippen LogP contribution in [0, 0.1) is 6.92 Å². The molecule has 1 aliphatic heterocycles. The minimum Gasteiger partial charge on any atom is -0.444 e. The van der Waals surface area contributed by atoms with Gasteiger partial charge >= 0.3 is 12.4 Å². The number of carbonyl (C=O) groups is 1. The third-order valence-corrected chi connectivity index (χ3v) is 11.7. The van der Waals surface area contributed by atoms with Crippen LogP contribution in [0.3, 0.4) is 0 Å². The Morgan fingerprint density at radius 2 is 1.50 bits per heavy atom. The lowest BCUT2D eigenvalue weighted by molar-refractivity contribution is -0.212. The van der Waals surface area contributed by atoms with E-state index in [2.05, 4.69) is 10.00 Å². The van der Waals surface area contributed by atoms with Crippen molar-refractivity contribution in [1.29, 1.82) is 0 Å². The Morgan fingerprint density at radius 3 is 2.14 bits per heavy atom. The summed E-state index contributed by atoms with van der Waals surface area (Å²) in [5.74, 6) is 0. The lowest BCUT2D eigenvalue weighted by atomic mass is 9.94. The first kappa shape index (κ1) is 40.3. The summed E-state index contributed by atoms with van der Waals surface area (Å²) >= 11 is 0. The molecular weight excluding hydrogens is 776 g/mol. The number of rotatable bonds is 7. The highest BCUT2D eigenvalue weighted by Gasteiger charge is 2.34. The molecule has 1 amide bonds. The molecule has 1 saturated heterocycles. The first-order chi connectivity index (χ1) is 27.2. The molecule has 304 valence electrons. The maximum Gasteiger partial charge on any atom is 0.504 e. The van der Waals surface area contributed by atoms with Gasteiger partial charge in [0.2, 0.25) is 0 Å². The molecule has 0 N–H and O–H groups in total. The fourth-order valence-corrected chi connectivity index (χ4v) is 8.58. The average Bonchev–Trinajstić information content (AvgIpc) is 3.81. The largest absolute Gasteiger partial charge is 0.504 e. The lowest BCUT2D eigenvalue weighted by Crippen LogP contribution is -2.49. The number of halogens is 3. The van der Waals surface area contributed by atoms with Crippen LogP contribution in [0.4, 0.5) is 18.0 Å². The van der Waals surface area contributed by atoms with Crippen LogP contribution in [0.1, 0.15) is 31.9 Å². The molecule has 6 aromatic rings. The van der Waals surface area contributed by atoms with E-state index in [1.54, 1.807) is 37.2 Å². The second kappa shape index (κ2) is 14.8. The van der Waals surface area contributed by atoms with Crippen molar-refractivity contribution in [3.8, 4) is 33.5 Å². The molecule has 4 aromatic heterocycles. The summed E-state index contributed by atoms with van der Waals surface area (Å²) in [6, 6.07) is 16.3. The maximum absolute atomic E-state index is 14.5. The van der Waals surface area contributed by atoms with Crippen molar-refractivity contribution in [3.05, 3.63) is 117 Å². The summed E-state index contributed by atoms with van der Waals surface area (Å²) in [4.78, 5) is 43.8. The van der Waals surface area contributed by atoms with Crippen molar-refractivity contribution in [2.24, 2.45) is 14.1 Å². The minimum atomic E-state index is -4.89. The Morgan fingerprint density at radius 1 is 0.828 bits per heavy atom. The van der Waals surface area contributed by atoms with Crippen molar-refractivity contribution >= 4 is 27.0 Å². The molecule has 0 bridgehead atoms. The van der Waals surface area contributed by atoms with Gasteiger partial charge in [-0.2, -0.15) is 9.78 Å². The fourth-order valence-electron chi connectivity index (χ4n) is 7.06. The number of hydrogen-bond acceptors (Lipinski definition) is 8. The summed E-state index contributed by atoms with van der Waals surface area (Å²) < 4.78 is 78.9. The Labute approximate surface area is 332 Å². The molecule has 1 aliphatic rings. The molecule has 0 spiro atoms. The van der Waals surface area contributed by atoms with Crippen LogP contribution in [0.2, 0.25) is 0 Å². The number of fused-ring (bicyclic) bond motifs is 1. The standard InChI is InChI=1S/C41H42F3N7O6S/c1-26-10-12-30(13-11-26)58(55,56)51-35(29-21-45-50(23-29)41(42,43)44)19-32-34(25-47(6)38(53)37(32)51)31-20-36(52)46(5)24-33(31)28-9-7-8-27(18-28)22-48-14-16-49(17-15-48)39(54)57-40(2,3)4/h7-13,18-21,23-25H,14-17,22H2,1-6H3. The van der Waals surface area contributed by atoms with E-state index in [0.29, 0.717) is 55.6 Å². The Bertz CT molecular complexity index is 2790. The van der Waals surface area contributed by atoms with Gasteiger partial charge in [0, 0.05) is 93.6 Å². The van der Waals surface area contributed by atoms with E-state index in [1.165, 1.54) is 46.6 Å². The smallest absolute Gasteiger partial charge is 0.444 e. The van der Waals surface area contributed by atoms with Crippen LogP contribution >= 0.6 is 0 Å². The van der Waals surface area contributed by atoms with E-state index >= 15 is 0 Å². The van der Waals surface area contributed by atoms with Crippen LogP contribution in [0.5, 0.6) is 0 Å². The summed E-state index contributed by atoms with van der Waals surface area (Å²) in [5, 5.41) is 3.54. The number of ether oxygens (including phenoxy) is 1. The van der Waals surface area contributed by atoms with E-state index in [0.717, 1.165) is 26.9 Å². The van der Waals surface area contributed by atoms with Gasteiger partial charge in [-0.25, -0.2) is 17.2 Å². The van der Waals surface area contributed by atoms with Gasteiger partial charge in [-0.3, -0.25) is 14.5 Å². The third-order valence-electron chi connectivity index (χ3n) is 9.98. The summed E-state index contributed by atoms with van der Waals surface area (Å²) in [6.45, 7) is 10.1. The Kier molecular flexibility index (Phi) is 10.3. The predicted molar refractivity (Wildman–Crippen MR) is 213 cm³/mol. The van der Waals surface area contributed by atoms with Crippen molar-refractivity contribution < 1.29 is 31.1 Å². The van der Waals surface area contributed by atoms with Crippen molar-refractivity contribution in [3.63, 3.8) is 0 Å². The molecule has 5 heterocycles. The van der Waals surface area contributed by atoms with Crippen LogP contribution < -0.4 is 11.1 Å². The summed E-state index contributed by atoms with van der Waals surface area (Å²) in [5.41, 5.74) is 1.22. The van der Waals surface area contributed by atoms with Crippen molar-refractivity contribution in [1.82, 2.24) is 32.7 Å². The number of aryl methyl sites for hydroxylation is 3. The quantitative estimate of drug-likeness (QED) is 0.183. The van der Waals surface area contributed by atoms with Crippen LogP contribution in [-0.4, -0.2) is 79.0 Å². The fraction of sp³-hybridized carbons (Fsp3) is 0.317. The van der Waals surface area contributed by atoms with Crippen LogP contribution in [0.25, 0.3) is 44.4 Å². The molecule has 0 atom stereocenters. The number of benzene rings is 2. The van der Waals surface area contributed by atoms with Gasteiger partial charge in [0.25, 0.3) is 21.1 Å². The highest BCUT2D eigenvalue weighted by Crippen LogP contribution is 2.39. The molecule has 0 unspecified atom stereocenters. The number of nitrogens with zero attached hydrogens (tertiary/aromatic N) is 7. The van der Waals surface area contributed by atoms with Crippen LogP contribution in [-0.2, 0) is 41.7 Å². The van der Waals surface area contributed by atoms with Gasteiger partial charge in [0.05, 0.1) is 16.8 Å². The third kappa shape index (κ3) is 7.83. The van der Waals surface area contributed by atoms with Gasteiger partial charge in [0.15, 0.2) is 0 Å². The molecule has 58 heavy (non-hydrogen) atoms. The number of alkyl halides is 3. The molecule has 0 radical (unpaired) electrons. The van der Waals surface area contributed by atoms with E-state index in [9.17, 15) is 36.0 Å². The highest BCUT2D eigenvalue weighted by molar-refractivity contribution is 7.90. The van der Waals surface area contributed by atoms with Gasteiger partial charge < -0.3 is 18.8 Å². The summed E-state index contributed by atoms with van der Waals surface area (Å²) in [7, 11) is -1.57. The van der Waals surface area contributed by atoms with E-state index in [-0.39, 0.29) is 37.8 Å². The van der Waals surface area contributed by atoms with Crippen molar-refractivity contribution in [2.45, 2.75) is 51.0 Å². The molecule has 2 aromatic carbocycles. The first-order valence-electron chi connectivity index (χ1n) is 18.4. The molecule has 0 saturated carbocycles. The van der Waals surface area contributed by atoms with Gasteiger partial charge in [-0.1, -0.05) is 35.9 Å². The Hall–Kier alpha value is -5.94. The topological polar surface area (TPSA) is 134 Å². The second-order valence-corrected chi connectivity index (χ2v) is 17.3. The second-order valence-electron chi connectivity index (χ2n) is 15.5. The number of pyridine rings is 2. The van der Waals surface area contributed by atoms with Gasteiger partial charge in [-0.15, -0.1) is 13.2 Å². The summed E-state index contributed by atoms with van der Waals surface area (Å²) in [6.07, 6.45) is -0.556. The SMILES string of the molecule is Cc1ccc(S(=O)(=O)n2c(-c3cnn(C(F)(F)F)c3)cc3c(-c4cc(=O)n(C)cc4-c4cccc(CN5CCN(C(=O)OC(C)(C)C)CC5)c4)cn(C)c(=O)c32)cc1. The molecular formula is C41H42F3N7O6S. The molecule has 7 rings (SSSR count). The zero-order valence-electron chi connectivity index (χ0n) is 32.7. The Balaban J connectivity index is 1.36. The van der Waals surface area contributed by atoms with E-state index < -0.39 is 33.0 Å². The molecule has 1 fully saturated rings. The van der Waals surface area contributed by atoms with Crippen molar-refractivity contribution in [2.75, 3.05) is 26.2 Å². The maximum atomic E-state index is 14.5. The number of carbonyl (C=O) groups excluding carboxylic acids is 1. The molecule has 0 aliphatic carbocycles. The normalized spacial score (nSPS) is 14.3. The minimum absolute atomic E-state index is 0.0991. The first-order valence-corrected chi connectivity index (χ1v) is 19.9. The van der Waals surface area contributed by atoms with E-state index in [4.69, 9.17) is 4.74 Å². The number of piperazine rings is 1. The zero-order valence-corrected chi connectivity index (χ0v) is 33.6.